The third-order valence-corrected chi connectivity index (χ3v) is 6.36. The molecule has 0 saturated carbocycles. The fourth-order valence-corrected chi connectivity index (χ4v) is 4.46. The first-order chi connectivity index (χ1) is 17.2. The summed E-state index contributed by atoms with van der Waals surface area (Å²) >= 11 is 0. The molecule has 6 N–H and O–H groups in total. The summed E-state index contributed by atoms with van der Waals surface area (Å²) in [7, 11) is 0. The van der Waals surface area contributed by atoms with E-state index < -0.39 is 61.3 Å². The molecule has 7 atom stereocenters. The van der Waals surface area contributed by atoms with E-state index in [2.05, 4.69) is 0 Å². The molecule has 1 aromatic rings. The second kappa shape index (κ2) is 12.4. The second-order valence-corrected chi connectivity index (χ2v) is 8.71. The van der Waals surface area contributed by atoms with Crippen LogP contribution in [0.2, 0.25) is 0 Å². The zero-order valence-corrected chi connectivity index (χ0v) is 19.8. The minimum absolute atomic E-state index is 0.00156. The number of benzene rings is 1. The first-order valence-corrected chi connectivity index (χ1v) is 11.6. The summed E-state index contributed by atoms with van der Waals surface area (Å²) in [5.41, 5.74) is 1.23. The van der Waals surface area contributed by atoms with Crippen LogP contribution in [0.4, 0.5) is 0 Å². The number of carbonyl (C=O) groups is 2. The molecule has 3 rings (SSSR count). The van der Waals surface area contributed by atoms with Gasteiger partial charge in [-0.3, -0.25) is 4.79 Å². The highest BCUT2D eigenvalue weighted by Gasteiger charge is 2.46. The fraction of sp³-hybridized carbons (Fsp3) is 0.520. The van der Waals surface area contributed by atoms with E-state index in [0.29, 0.717) is 12.0 Å². The van der Waals surface area contributed by atoms with Gasteiger partial charge in [-0.2, -0.15) is 0 Å². The Balaban J connectivity index is 1.69. The maximum atomic E-state index is 12.6. The van der Waals surface area contributed by atoms with Crippen LogP contribution in [0.5, 0.6) is 5.75 Å². The van der Waals surface area contributed by atoms with Crippen molar-refractivity contribution in [2.75, 3.05) is 13.2 Å². The van der Waals surface area contributed by atoms with Crippen LogP contribution in [0.3, 0.4) is 0 Å². The van der Waals surface area contributed by atoms with Crippen LogP contribution in [0.15, 0.2) is 47.6 Å². The van der Waals surface area contributed by atoms with Crippen molar-refractivity contribution < 1.29 is 54.4 Å². The van der Waals surface area contributed by atoms with Crippen molar-refractivity contribution in [3.05, 3.63) is 53.1 Å². The van der Waals surface area contributed by atoms with Crippen molar-refractivity contribution in [1.29, 1.82) is 0 Å². The Morgan fingerprint density at radius 2 is 1.92 bits per heavy atom. The molecule has 0 amide bonds. The summed E-state index contributed by atoms with van der Waals surface area (Å²) in [4.78, 5) is 24.5. The lowest BCUT2D eigenvalue weighted by molar-refractivity contribution is -0.308. The lowest BCUT2D eigenvalue weighted by Crippen LogP contribution is -2.59. The summed E-state index contributed by atoms with van der Waals surface area (Å²) in [5.74, 6) is -2.59. The summed E-state index contributed by atoms with van der Waals surface area (Å²) < 4.78 is 16.6. The highest BCUT2D eigenvalue weighted by molar-refractivity contribution is 5.89. The maximum Gasteiger partial charge on any atom is 0.331 e. The average molecular weight is 509 g/mol. The smallest absolute Gasteiger partial charge is 0.331 e. The van der Waals surface area contributed by atoms with Crippen LogP contribution in [-0.4, -0.2) is 92.6 Å². The van der Waals surface area contributed by atoms with Crippen molar-refractivity contribution in [3.8, 4) is 5.75 Å². The van der Waals surface area contributed by atoms with Gasteiger partial charge in [0.2, 0.25) is 0 Å². The minimum Gasteiger partial charge on any atom is -0.508 e. The van der Waals surface area contributed by atoms with Gasteiger partial charge in [0.05, 0.1) is 25.7 Å². The zero-order chi connectivity index (χ0) is 26.4. The van der Waals surface area contributed by atoms with Crippen molar-refractivity contribution >= 4 is 11.9 Å². The van der Waals surface area contributed by atoms with E-state index in [9.17, 15) is 40.2 Å². The molecule has 2 aliphatic rings. The van der Waals surface area contributed by atoms with Gasteiger partial charge >= 0.3 is 11.9 Å². The molecule has 0 spiro atoms. The standard InChI is InChI=1S/C25H32O11/c1-2-15-17(11-20(28)34-9-8-13-4-3-5-14(27)10-13)16(24(32)33)6-7-18(15)35-25-23(31)22(30)21(29)19(12-26)36-25/h2-6,10,17-19,21-23,25-27,29-31H,7-9,11-12H2,1H3,(H,32,33)/b15-2+/t17-,18+,19+,21+,22-,23+,25+/m0/s1. The predicted molar refractivity (Wildman–Crippen MR) is 124 cm³/mol. The number of aliphatic hydroxyl groups is 4. The van der Waals surface area contributed by atoms with Crippen LogP contribution in [-0.2, 0) is 30.2 Å². The van der Waals surface area contributed by atoms with Gasteiger partial charge in [0, 0.05) is 17.9 Å². The monoisotopic (exact) mass is 508 g/mol. The first kappa shape index (κ1) is 27.8. The van der Waals surface area contributed by atoms with Crippen molar-refractivity contribution in [3.63, 3.8) is 0 Å². The molecular weight excluding hydrogens is 476 g/mol. The van der Waals surface area contributed by atoms with Gasteiger partial charge in [-0.05, 0) is 36.6 Å². The number of phenolic OH excluding ortho intramolecular Hbond substituents is 1. The van der Waals surface area contributed by atoms with Gasteiger partial charge in [-0.15, -0.1) is 0 Å². The van der Waals surface area contributed by atoms with E-state index in [4.69, 9.17) is 14.2 Å². The predicted octanol–water partition coefficient (Wildman–Crippen LogP) is 0.0303. The lowest BCUT2D eigenvalue weighted by atomic mass is 9.79. The van der Waals surface area contributed by atoms with Crippen LogP contribution in [0.25, 0.3) is 0 Å². The number of carboxylic acids is 1. The third-order valence-electron chi connectivity index (χ3n) is 6.36. The quantitative estimate of drug-likeness (QED) is 0.195. The van der Waals surface area contributed by atoms with E-state index in [1.807, 2.05) is 0 Å². The van der Waals surface area contributed by atoms with Crippen LogP contribution in [0.1, 0.15) is 25.3 Å². The van der Waals surface area contributed by atoms with Gasteiger partial charge in [0.15, 0.2) is 6.29 Å². The maximum absolute atomic E-state index is 12.6. The molecule has 0 unspecified atom stereocenters. The average Bonchev–Trinajstić information content (AvgIpc) is 2.84. The van der Waals surface area contributed by atoms with E-state index in [1.54, 1.807) is 31.2 Å². The summed E-state index contributed by atoms with van der Waals surface area (Å²) in [6.07, 6.45) is -4.92. The number of allylic oxidation sites excluding steroid dienone is 1. The van der Waals surface area contributed by atoms with Crippen molar-refractivity contribution in [2.45, 2.75) is 63.0 Å². The molecule has 0 bridgehead atoms. The number of esters is 1. The number of ether oxygens (including phenoxy) is 3. The Morgan fingerprint density at radius 1 is 1.17 bits per heavy atom. The third kappa shape index (κ3) is 6.49. The largest absolute Gasteiger partial charge is 0.508 e. The van der Waals surface area contributed by atoms with E-state index in [-0.39, 0.29) is 30.8 Å². The number of aliphatic carboxylic acids is 1. The summed E-state index contributed by atoms with van der Waals surface area (Å²) in [6, 6.07) is 6.53. The molecular formula is C25H32O11. The molecule has 1 aliphatic heterocycles. The Labute approximate surface area is 207 Å². The molecule has 198 valence electrons. The molecule has 1 aromatic carbocycles. The number of hydrogen-bond acceptors (Lipinski definition) is 10. The molecule has 0 radical (unpaired) electrons. The number of rotatable bonds is 9. The Hall–Kier alpha value is -2.80. The number of phenols is 1. The SMILES string of the molecule is C/C=C1\[C@H](CC(=O)OCCc2cccc(O)c2)C(C(=O)O)=CC[C@H]1O[C@@H]1O[C@H](CO)[C@@H](O)[C@H](O)[C@H]1O. The van der Waals surface area contributed by atoms with Gasteiger partial charge in [0.1, 0.15) is 30.2 Å². The van der Waals surface area contributed by atoms with Crippen LogP contribution < -0.4 is 0 Å². The second-order valence-electron chi connectivity index (χ2n) is 8.71. The van der Waals surface area contributed by atoms with Gasteiger partial charge in [-0.1, -0.05) is 24.3 Å². The molecule has 1 heterocycles. The molecule has 36 heavy (non-hydrogen) atoms. The highest BCUT2D eigenvalue weighted by atomic mass is 16.7. The molecule has 11 nitrogen and oxygen atoms in total. The van der Waals surface area contributed by atoms with E-state index in [0.717, 1.165) is 5.56 Å². The molecule has 1 saturated heterocycles. The Kier molecular flexibility index (Phi) is 9.60. The summed E-state index contributed by atoms with van der Waals surface area (Å²) in [6.45, 7) is 1.08. The minimum atomic E-state index is -1.62. The van der Waals surface area contributed by atoms with Crippen molar-refractivity contribution in [2.24, 2.45) is 5.92 Å². The topological polar surface area (TPSA) is 183 Å². The Morgan fingerprint density at radius 3 is 2.56 bits per heavy atom. The normalized spacial score (nSPS) is 31.6. The molecule has 1 fully saturated rings. The zero-order valence-electron chi connectivity index (χ0n) is 19.8. The van der Waals surface area contributed by atoms with Gasteiger partial charge in [0.25, 0.3) is 0 Å². The number of carboxylic acid groups (broad SMARTS) is 1. The van der Waals surface area contributed by atoms with E-state index >= 15 is 0 Å². The highest BCUT2D eigenvalue weighted by Crippen LogP contribution is 2.37. The van der Waals surface area contributed by atoms with E-state index in [1.165, 1.54) is 12.1 Å². The molecule has 1 aliphatic carbocycles. The van der Waals surface area contributed by atoms with Crippen LogP contribution >= 0.6 is 0 Å². The number of hydrogen-bond donors (Lipinski definition) is 6. The summed E-state index contributed by atoms with van der Waals surface area (Å²) in [5, 5.41) is 59.0. The number of aliphatic hydroxyl groups excluding tert-OH is 4. The molecule has 11 heteroatoms. The molecule has 0 aromatic heterocycles. The van der Waals surface area contributed by atoms with Gasteiger partial charge < -0.3 is 44.8 Å². The van der Waals surface area contributed by atoms with Gasteiger partial charge in [-0.25, -0.2) is 4.79 Å². The number of aromatic hydroxyl groups is 1. The fourth-order valence-electron chi connectivity index (χ4n) is 4.46. The number of carbonyl (C=O) groups excluding carboxylic acids is 1. The first-order valence-electron chi connectivity index (χ1n) is 11.6. The lowest BCUT2D eigenvalue weighted by Gasteiger charge is -2.42. The Bertz CT molecular complexity index is 986. The van der Waals surface area contributed by atoms with Crippen molar-refractivity contribution in [1.82, 2.24) is 0 Å². The van der Waals surface area contributed by atoms with Crippen LogP contribution in [0, 0.1) is 5.92 Å².